The second kappa shape index (κ2) is 16.2. The molecule has 5 aromatic rings. The molecule has 0 bridgehead atoms. The second-order valence-electron chi connectivity index (χ2n) is 18.5. The first-order valence-electron chi connectivity index (χ1n) is 22.2. The number of carbonyl (C=O) groups excluding carboxylic acids is 3. The summed E-state index contributed by atoms with van der Waals surface area (Å²) in [5.41, 5.74) is 5.89. The standard InChI is InChI=1S/C48H54N8O7/c1-25(2)41(53-47(59)62-4)45(57)55-37-19-33(37)21-39(55)43-49-23-35(51-43)27-7-5-26(6-8-27)29-9-10-31-18-32(12-11-30(31)17-29)36-24-50-44(52-36)40-22-34-20-38(34)56(40)46(58)42(54(3)48(60)61)28-13-15-63-16-14-28/h5-12,17-18,23-25,28,33-34,37-42H,13-16,19-22H2,1-4H3,(H,49,51)(H,50,52)(H,53,59)(H,60,61)/t33-,34+,37+,38+,39-,40-,41-,42-/m0/s1. The molecular formula is C48H54N8O7. The lowest BCUT2D eigenvalue weighted by molar-refractivity contribution is -0.141. The quantitative estimate of drug-likeness (QED) is 0.105. The molecule has 3 saturated heterocycles. The number of fused-ring (bicyclic) bond motifs is 3. The SMILES string of the molecule is COC(=O)N[C@H](C(=O)N1[C@@H]2C[C@H]2C[C@H]1c1ncc(-c2ccc(-c3ccc4cc(-c5cnc([C@@H]6C[C@H]7C[C@H]7N6C(=O)[C@H](C6CCOCC6)N(C)C(=O)O)[nH]5)ccc4c3)cc2)[nH]1)C(C)C. The third-order valence-electron chi connectivity index (χ3n) is 14.3. The minimum absolute atomic E-state index is 0.0881. The Kier molecular flexibility index (Phi) is 10.5. The molecule has 4 amide bonds. The molecule has 2 saturated carbocycles. The molecule has 328 valence electrons. The number of rotatable bonds is 11. The number of carbonyl (C=O) groups is 4. The molecule has 5 heterocycles. The average molecular weight is 855 g/mol. The summed E-state index contributed by atoms with van der Waals surface area (Å²) in [6.07, 6.45) is 6.83. The van der Waals surface area contributed by atoms with Crippen LogP contribution in [0.5, 0.6) is 0 Å². The lowest BCUT2D eigenvalue weighted by Crippen LogP contribution is -2.54. The molecule has 2 aliphatic carbocycles. The number of aromatic amines is 2. The van der Waals surface area contributed by atoms with Gasteiger partial charge < -0.3 is 39.7 Å². The van der Waals surface area contributed by atoms with Gasteiger partial charge in [0.05, 0.1) is 43.0 Å². The van der Waals surface area contributed by atoms with E-state index in [9.17, 15) is 24.3 Å². The zero-order chi connectivity index (χ0) is 43.7. The van der Waals surface area contributed by atoms with Crippen LogP contribution in [0, 0.1) is 23.7 Å². The number of imidazole rings is 2. The van der Waals surface area contributed by atoms with Crippen molar-refractivity contribution >= 4 is 34.8 Å². The van der Waals surface area contributed by atoms with Crippen molar-refractivity contribution < 1.29 is 33.8 Å². The van der Waals surface area contributed by atoms with E-state index in [0.717, 1.165) is 81.7 Å². The highest BCUT2D eigenvalue weighted by atomic mass is 16.5. The number of nitrogens with zero attached hydrogens (tertiary/aromatic N) is 5. The van der Waals surface area contributed by atoms with Crippen molar-refractivity contribution in [2.45, 2.75) is 88.6 Å². The Morgan fingerprint density at radius 1 is 0.762 bits per heavy atom. The third kappa shape index (κ3) is 7.59. The number of carboxylic acid groups (broad SMARTS) is 1. The monoisotopic (exact) mass is 854 g/mol. The van der Waals surface area contributed by atoms with Gasteiger partial charge in [0, 0.05) is 37.9 Å². The highest BCUT2D eigenvalue weighted by Gasteiger charge is 2.58. The van der Waals surface area contributed by atoms with Gasteiger partial charge in [-0.05, 0) is 102 Å². The lowest BCUT2D eigenvalue weighted by atomic mass is 9.89. The number of likely N-dealkylation sites (N-methyl/N-ethyl adjacent to an activating group) is 1. The fourth-order valence-electron chi connectivity index (χ4n) is 10.6. The van der Waals surface area contributed by atoms with Gasteiger partial charge in [-0.1, -0.05) is 62.4 Å². The number of aromatic nitrogens is 4. The van der Waals surface area contributed by atoms with Gasteiger partial charge >= 0.3 is 12.2 Å². The average Bonchev–Trinajstić information content (AvgIpc) is 3.88. The van der Waals surface area contributed by atoms with Crippen LogP contribution < -0.4 is 5.32 Å². The molecule has 3 aliphatic heterocycles. The Bertz CT molecular complexity index is 2560. The van der Waals surface area contributed by atoms with Gasteiger partial charge in [-0.2, -0.15) is 0 Å². The molecule has 0 unspecified atom stereocenters. The second-order valence-corrected chi connectivity index (χ2v) is 18.5. The molecule has 63 heavy (non-hydrogen) atoms. The van der Waals surface area contributed by atoms with Crippen molar-refractivity contribution in [3.63, 3.8) is 0 Å². The number of methoxy groups -OCH3 is 1. The van der Waals surface area contributed by atoms with Crippen LogP contribution in [0.4, 0.5) is 9.59 Å². The molecule has 8 atom stereocenters. The highest BCUT2D eigenvalue weighted by Crippen LogP contribution is 2.55. The third-order valence-corrected chi connectivity index (χ3v) is 14.3. The van der Waals surface area contributed by atoms with Crippen molar-refractivity contribution in [1.82, 2.24) is 40.0 Å². The van der Waals surface area contributed by atoms with Crippen molar-refractivity contribution in [3.05, 3.63) is 84.7 Å². The summed E-state index contributed by atoms with van der Waals surface area (Å²) < 4.78 is 10.4. The summed E-state index contributed by atoms with van der Waals surface area (Å²) in [7, 11) is 2.81. The number of H-pyrrole nitrogens is 2. The van der Waals surface area contributed by atoms with E-state index in [1.54, 1.807) is 0 Å². The van der Waals surface area contributed by atoms with Crippen molar-refractivity contribution in [2.75, 3.05) is 27.4 Å². The summed E-state index contributed by atoms with van der Waals surface area (Å²) in [6, 6.07) is 19.6. The van der Waals surface area contributed by atoms with Gasteiger partial charge in [-0.25, -0.2) is 19.6 Å². The van der Waals surface area contributed by atoms with Gasteiger partial charge in [-0.15, -0.1) is 0 Å². The Balaban J connectivity index is 0.824. The lowest BCUT2D eigenvalue weighted by Gasteiger charge is -2.38. The smallest absolute Gasteiger partial charge is 0.407 e. The minimum atomic E-state index is -1.10. The van der Waals surface area contributed by atoms with Crippen LogP contribution in [-0.4, -0.2) is 115 Å². The number of benzene rings is 3. The number of amides is 4. The molecule has 2 aromatic heterocycles. The van der Waals surface area contributed by atoms with Gasteiger partial charge in [0.2, 0.25) is 11.8 Å². The molecule has 5 aliphatic rings. The fraction of sp³-hybridized carbons (Fsp3) is 0.458. The van der Waals surface area contributed by atoms with Crippen molar-refractivity contribution in [1.29, 1.82) is 0 Å². The van der Waals surface area contributed by atoms with E-state index >= 15 is 0 Å². The van der Waals surface area contributed by atoms with E-state index < -0.39 is 24.3 Å². The van der Waals surface area contributed by atoms with E-state index in [-0.39, 0.29) is 47.8 Å². The number of alkyl carbamates (subject to hydrolysis) is 1. The Labute approximate surface area is 365 Å². The summed E-state index contributed by atoms with van der Waals surface area (Å²) >= 11 is 0. The van der Waals surface area contributed by atoms with Crippen LogP contribution in [0.25, 0.3) is 44.4 Å². The molecule has 0 spiro atoms. The number of hydrogen-bond donors (Lipinski definition) is 4. The van der Waals surface area contributed by atoms with E-state index in [0.29, 0.717) is 37.9 Å². The van der Waals surface area contributed by atoms with Gasteiger partial charge in [0.15, 0.2) is 0 Å². The number of nitrogens with one attached hydrogen (secondary N) is 3. The predicted octanol–water partition coefficient (Wildman–Crippen LogP) is 7.40. The normalized spacial score (nSPS) is 24.8. The summed E-state index contributed by atoms with van der Waals surface area (Å²) in [6.45, 7) is 4.90. The van der Waals surface area contributed by atoms with E-state index in [1.807, 2.05) is 36.0 Å². The number of hydrogen-bond acceptors (Lipinski definition) is 8. The number of ether oxygens (including phenoxy) is 2. The highest BCUT2D eigenvalue weighted by molar-refractivity contribution is 5.91. The molecule has 3 aromatic carbocycles. The van der Waals surface area contributed by atoms with Crippen LogP contribution in [0.15, 0.2) is 73.1 Å². The maximum atomic E-state index is 14.3. The molecule has 5 fully saturated rings. The maximum Gasteiger partial charge on any atom is 0.407 e. The van der Waals surface area contributed by atoms with Crippen LogP contribution in [0.2, 0.25) is 0 Å². The molecular weight excluding hydrogens is 801 g/mol. The maximum absolute atomic E-state index is 14.3. The minimum Gasteiger partial charge on any atom is -0.465 e. The fourth-order valence-corrected chi connectivity index (χ4v) is 10.6. The summed E-state index contributed by atoms with van der Waals surface area (Å²) in [4.78, 5) is 74.0. The van der Waals surface area contributed by atoms with Gasteiger partial charge in [0.25, 0.3) is 0 Å². The first kappa shape index (κ1) is 40.8. The molecule has 4 N–H and O–H groups in total. The van der Waals surface area contributed by atoms with E-state index in [1.165, 1.54) is 19.1 Å². The molecule has 15 nitrogen and oxygen atoms in total. The first-order valence-corrected chi connectivity index (χ1v) is 22.2. The van der Waals surface area contributed by atoms with Crippen molar-refractivity contribution in [3.8, 4) is 33.6 Å². The molecule has 0 radical (unpaired) electrons. The van der Waals surface area contributed by atoms with Crippen LogP contribution in [0.1, 0.15) is 76.1 Å². The van der Waals surface area contributed by atoms with E-state index in [4.69, 9.17) is 19.4 Å². The molecule has 15 heteroatoms. The first-order chi connectivity index (χ1) is 30.5. The Morgan fingerprint density at radius 3 is 1.86 bits per heavy atom. The topological polar surface area (TPSA) is 186 Å². The largest absolute Gasteiger partial charge is 0.465 e. The number of piperidine rings is 2. The Morgan fingerprint density at radius 2 is 1.29 bits per heavy atom. The summed E-state index contributed by atoms with van der Waals surface area (Å²) in [5, 5.41) is 14.9. The van der Waals surface area contributed by atoms with Crippen molar-refractivity contribution in [2.24, 2.45) is 23.7 Å². The summed E-state index contributed by atoms with van der Waals surface area (Å²) in [5.74, 6) is 1.92. The van der Waals surface area contributed by atoms with E-state index in [2.05, 4.69) is 75.9 Å². The zero-order valence-corrected chi connectivity index (χ0v) is 36.0. The predicted molar refractivity (Wildman–Crippen MR) is 234 cm³/mol. The van der Waals surface area contributed by atoms with Crippen LogP contribution in [-0.2, 0) is 19.1 Å². The van der Waals surface area contributed by atoms with Gasteiger partial charge in [-0.3, -0.25) is 14.5 Å². The van der Waals surface area contributed by atoms with Crippen LogP contribution >= 0.6 is 0 Å². The Hall–Kier alpha value is -6.22. The van der Waals surface area contributed by atoms with Gasteiger partial charge in [0.1, 0.15) is 23.7 Å². The number of likely N-dealkylation sites (tertiary alicyclic amines) is 2. The van der Waals surface area contributed by atoms with Crippen LogP contribution in [0.3, 0.4) is 0 Å². The zero-order valence-electron chi connectivity index (χ0n) is 36.0. The molecule has 10 rings (SSSR count).